The Hall–Kier alpha value is -4.16. The van der Waals surface area contributed by atoms with Crippen LogP contribution in [0, 0.1) is 32.8 Å². The van der Waals surface area contributed by atoms with Gasteiger partial charge in [0.25, 0.3) is 5.69 Å². The molecule has 0 radical (unpaired) electrons. The average molecular weight is 369 g/mol. The number of benzene rings is 2. The van der Waals surface area contributed by atoms with E-state index in [-0.39, 0.29) is 11.3 Å². The highest BCUT2D eigenvalue weighted by molar-refractivity contribution is 5.87. The molecule has 1 aliphatic heterocycles. The first-order chi connectivity index (χ1) is 13.6. The minimum absolute atomic E-state index is 0.00487. The van der Waals surface area contributed by atoms with Crippen LogP contribution >= 0.6 is 0 Å². The number of para-hydroxylation sites is 1. The Balaban J connectivity index is 1.99. The second kappa shape index (κ2) is 8.03. The fraction of sp³-hybridized carbons (Fsp3) is 0.0909. The average Bonchev–Trinajstić information content (AvgIpc) is 2.72. The molecule has 3 rings (SSSR count). The van der Waals surface area contributed by atoms with Crippen LogP contribution in [0.1, 0.15) is 23.6 Å². The maximum Gasteiger partial charge on any atom is 0.272 e. The number of ether oxygens (including phenoxy) is 1. The van der Waals surface area contributed by atoms with Crippen LogP contribution in [-0.2, 0) is 6.42 Å². The van der Waals surface area contributed by atoms with Gasteiger partial charge in [-0.3, -0.25) is 10.1 Å². The molecule has 136 valence electrons. The van der Waals surface area contributed by atoms with Crippen LogP contribution in [0.2, 0.25) is 0 Å². The van der Waals surface area contributed by atoms with E-state index in [0.717, 1.165) is 5.56 Å². The lowest BCUT2D eigenvalue weighted by Gasteiger charge is -2.18. The van der Waals surface area contributed by atoms with Gasteiger partial charge in [0.05, 0.1) is 4.92 Å². The third kappa shape index (κ3) is 3.67. The van der Waals surface area contributed by atoms with Crippen molar-refractivity contribution in [1.82, 2.24) is 0 Å². The SMILES string of the molecule is CCc1cc(/C=C/C2=CC(=C(C#N)C#N)c3ccccc3O2)ccc1[N+](=O)[O-]. The van der Waals surface area contributed by atoms with Gasteiger partial charge < -0.3 is 4.74 Å². The van der Waals surface area contributed by atoms with Gasteiger partial charge in [0.15, 0.2) is 0 Å². The van der Waals surface area contributed by atoms with E-state index < -0.39 is 4.92 Å². The van der Waals surface area contributed by atoms with E-state index in [0.29, 0.717) is 34.6 Å². The molecule has 0 amide bonds. The third-order valence-electron chi connectivity index (χ3n) is 4.31. The van der Waals surface area contributed by atoms with Crippen molar-refractivity contribution < 1.29 is 9.66 Å². The zero-order chi connectivity index (χ0) is 20.1. The molecule has 2 aromatic carbocycles. The Bertz CT molecular complexity index is 1110. The van der Waals surface area contributed by atoms with E-state index in [1.807, 2.05) is 31.2 Å². The number of nitrogens with zero attached hydrogens (tertiary/aromatic N) is 3. The predicted molar refractivity (Wildman–Crippen MR) is 105 cm³/mol. The van der Waals surface area contributed by atoms with Gasteiger partial charge in [0.2, 0.25) is 0 Å². The first-order valence-corrected chi connectivity index (χ1v) is 8.56. The van der Waals surface area contributed by atoms with Crippen molar-refractivity contribution >= 4 is 17.3 Å². The summed E-state index contributed by atoms with van der Waals surface area (Å²) < 4.78 is 5.85. The number of hydrogen-bond acceptors (Lipinski definition) is 5. The number of allylic oxidation sites excluding steroid dienone is 4. The first kappa shape index (κ1) is 18.6. The Morgan fingerprint density at radius 2 is 1.93 bits per heavy atom. The number of nitro benzene ring substituents is 1. The summed E-state index contributed by atoms with van der Waals surface area (Å²) in [5.74, 6) is 1.02. The molecule has 0 spiro atoms. The molecule has 0 saturated carbocycles. The highest BCUT2D eigenvalue weighted by Crippen LogP contribution is 2.35. The van der Waals surface area contributed by atoms with Crippen LogP contribution in [-0.4, -0.2) is 4.92 Å². The minimum Gasteiger partial charge on any atom is -0.457 e. The minimum atomic E-state index is -0.390. The van der Waals surface area contributed by atoms with Gasteiger partial charge in [-0.1, -0.05) is 31.2 Å². The number of nitriles is 2. The Labute approximate surface area is 162 Å². The summed E-state index contributed by atoms with van der Waals surface area (Å²) in [6.07, 6.45) is 5.68. The molecule has 0 saturated heterocycles. The molecule has 2 aromatic rings. The topological polar surface area (TPSA) is 100.0 Å². The monoisotopic (exact) mass is 369 g/mol. The molecular weight excluding hydrogens is 354 g/mol. The van der Waals surface area contributed by atoms with Crippen molar-refractivity contribution in [1.29, 1.82) is 10.5 Å². The van der Waals surface area contributed by atoms with Crippen LogP contribution in [0.3, 0.4) is 0 Å². The van der Waals surface area contributed by atoms with E-state index in [4.69, 9.17) is 4.74 Å². The summed E-state index contributed by atoms with van der Waals surface area (Å²) in [6.45, 7) is 1.86. The fourth-order valence-electron chi connectivity index (χ4n) is 2.94. The van der Waals surface area contributed by atoms with Gasteiger partial charge in [0, 0.05) is 22.8 Å². The number of rotatable bonds is 4. The highest BCUT2D eigenvalue weighted by Gasteiger charge is 2.18. The molecule has 0 bridgehead atoms. The zero-order valence-corrected chi connectivity index (χ0v) is 15.0. The third-order valence-corrected chi connectivity index (χ3v) is 4.31. The summed E-state index contributed by atoms with van der Waals surface area (Å²) in [5, 5.41) is 29.6. The molecule has 0 fully saturated rings. The van der Waals surface area contributed by atoms with Crippen molar-refractivity contribution in [3.05, 3.63) is 92.8 Å². The first-order valence-electron chi connectivity index (χ1n) is 8.56. The zero-order valence-electron chi connectivity index (χ0n) is 15.0. The summed E-state index contributed by atoms with van der Waals surface area (Å²) >= 11 is 0. The van der Waals surface area contributed by atoms with Crippen LogP contribution < -0.4 is 4.74 Å². The number of hydrogen-bond donors (Lipinski definition) is 0. The van der Waals surface area contributed by atoms with Gasteiger partial charge in [0.1, 0.15) is 29.2 Å². The lowest BCUT2D eigenvalue weighted by atomic mass is 9.97. The lowest BCUT2D eigenvalue weighted by molar-refractivity contribution is -0.385. The Kier molecular flexibility index (Phi) is 5.34. The van der Waals surface area contributed by atoms with Gasteiger partial charge in [-0.25, -0.2) is 0 Å². The Morgan fingerprint density at radius 1 is 1.18 bits per heavy atom. The van der Waals surface area contributed by atoms with E-state index >= 15 is 0 Å². The largest absolute Gasteiger partial charge is 0.457 e. The van der Waals surface area contributed by atoms with Crippen LogP contribution in [0.25, 0.3) is 11.6 Å². The number of aryl methyl sites for hydroxylation is 1. The highest BCUT2D eigenvalue weighted by atomic mass is 16.6. The van der Waals surface area contributed by atoms with Gasteiger partial charge in [-0.05, 0) is 42.3 Å². The van der Waals surface area contributed by atoms with Crippen molar-refractivity contribution in [2.45, 2.75) is 13.3 Å². The van der Waals surface area contributed by atoms with Crippen molar-refractivity contribution in [2.75, 3.05) is 0 Å². The molecule has 28 heavy (non-hydrogen) atoms. The Morgan fingerprint density at radius 3 is 2.61 bits per heavy atom. The fourth-order valence-corrected chi connectivity index (χ4v) is 2.94. The molecule has 0 unspecified atom stereocenters. The normalized spacial score (nSPS) is 12.4. The van der Waals surface area contributed by atoms with Gasteiger partial charge in [-0.2, -0.15) is 10.5 Å². The standard InChI is InChI=1S/C22H15N3O3/c1-2-16-11-15(8-10-21(16)25(26)27)7-9-18-12-20(17(13-23)14-24)19-5-3-4-6-22(19)28-18/h3-12H,2H2,1H3/b9-7+. The second-order valence-electron chi connectivity index (χ2n) is 5.99. The molecule has 1 aliphatic rings. The van der Waals surface area contributed by atoms with Crippen LogP contribution in [0.15, 0.2) is 65.9 Å². The van der Waals surface area contributed by atoms with Crippen LogP contribution in [0.4, 0.5) is 5.69 Å². The molecule has 6 nitrogen and oxygen atoms in total. The quantitative estimate of drug-likeness (QED) is 0.431. The maximum absolute atomic E-state index is 11.1. The molecule has 0 N–H and O–H groups in total. The molecule has 0 aliphatic carbocycles. The predicted octanol–water partition coefficient (Wildman–Crippen LogP) is 4.95. The van der Waals surface area contributed by atoms with Gasteiger partial charge >= 0.3 is 0 Å². The van der Waals surface area contributed by atoms with E-state index in [1.165, 1.54) is 6.07 Å². The molecule has 0 aromatic heterocycles. The molecule has 6 heteroatoms. The number of fused-ring (bicyclic) bond motifs is 1. The summed E-state index contributed by atoms with van der Waals surface area (Å²) in [5.41, 5.74) is 2.72. The smallest absolute Gasteiger partial charge is 0.272 e. The van der Waals surface area contributed by atoms with Gasteiger partial charge in [-0.15, -0.1) is 0 Å². The molecular formula is C22H15N3O3. The van der Waals surface area contributed by atoms with E-state index in [1.54, 1.807) is 42.5 Å². The molecule has 0 atom stereocenters. The number of nitro groups is 1. The van der Waals surface area contributed by atoms with E-state index in [2.05, 4.69) is 0 Å². The lowest BCUT2D eigenvalue weighted by Crippen LogP contribution is -2.03. The van der Waals surface area contributed by atoms with Crippen molar-refractivity contribution in [3.63, 3.8) is 0 Å². The van der Waals surface area contributed by atoms with Crippen molar-refractivity contribution in [2.24, 2.45) is 0 Å². The van der Waals surface area contributed by atoms with Crippen LogP contribution in [0.5, 0.6) is 5.75 Å². The second-order valence-corrected chi connectivity index (χ2v) is 5.99. The van der Waals surface area contributed by atoms with E-state index in [9.17, 15) is 20.6 Å². The van der Waals surface area contributed by atoms with Crippen molar-refractivity contribution in [3.8, 4) is 17.9 Å². The maximum atomic E-state index is 11.1. The molecule has 1 heterocycles. The summed E-state index contributed by atoms with van der Waals surface area (Å²) in [6, 6.07) is 15.9. The summed E-state index contributed by atoms with van der Waals surface area (Å²) in [4.78, 5) is 10.7. The summed E-state index contributed by atoms with van der Waals surface area (Å²) in [7, 11) is 0.